The fraction of sp³-hybridized carbons (Fsp3) is 0.474. The minimum atomic E-state index is -1.62. The van der Waals surface area contributed by atoms with E-state index in [-0.39, 0.29) is 5.56 Å². The Kier molecular flexibility index (Phi) is 6.08. The van der Waals surface area contributed by atoms with Crippen LogP contribution in [0.4, 0.5) is 10.5 Å². The van der Waals surface area contributed by atoms with Crippen LogP contribution >= 0.6 is 0 Å². The summed E-state index contributed by atoms with van der Waals surface area (Å²) >= 11 is 0. The van der Waals surface area contributed by atoms with Gasteiger partial charge in [0.05, 0.1) is 5.56 Å². The number of anilines is 1. The van der Waals surface area contributed by atoms with Gasteiger partial charge in [0, 0.05) is 18.3 Å². The standard InChI is InChI=1S/C19H27NO4Si/c1-13-14(9-10-25(6,7)8)11-15(12-16(13)17(21)22)20(5)18(23)24-19(2,3)4/h11-12H,1-8H3,(H,21,22). The lowest BCUT2D eigenvalue weighted by Gasteiger charge is -2.25. The van der Waals surface area contributed by atoms with Crippen molar-refractivity contribution in [3.8, 4) is 11.5 Å². The van der Waals surface area contributed by atoms with Crippen LogP contribution in [0.25, 0.3) is 0 Å². The maximum Gasteiger partial charge on any atom is 0.414 e. The van der Waals surface area contributed by atoms with Crippen LogP contribution in [0.3, 0.4) is 0 Å². The van der Waals surface area contributed by atoms with E-state index in [1.54, 1.807) is 40.8 Å². The van der Waals surface area contributed by atoms with Gasteiger partial charge in [-0.1, -0.05) is 25.6 Å². The zero-order chi connectivity index (χ0) is 19.6. The number of nitrogens with zero attached hydrogens (tertiary/aromatic N) is 1. The molecular weight excluding hydrogens is 334 g/mol. The first-order valence-corrected chi connectivity index (χ1v) is 11.6. The zero-order valence-corrected chi connectivity index (χ0v) is 17.3. The minimum Gasteiger partial charge on any atom is -0.478 e. The zero-order valence-electron chi connectivity index (χ0n) is 16.3. The topological polar surface area (TPSA) is 66.8 Å². The average molecular weight is 362 g/mol. The van der Waals surface area contributed by atoms with Crippen molar-refractivity contribution in [2.24, 2.45) is 0 Å². The van der Waals surface area contributed by atoms with Crippen LogP contribution in [0.15, 0.2) is 12.1 Å². The van der Waals surface area contributed by atoms with Gasteiger partial charge < -0.3 is 9.84 Å². The molecule has 0 saturated heterocycles. The number of amides is 1. The molecule has 0 heterocycles. The lowest BCUT2D eigenvalue weighted by Crippen LogP contribution is -2.34. The first kappa shape index (κ1) is 20.8. The first-order chi connectivity index (χ1) is 11.2. The third kappa shape index (κ3) is 6.27. The maximum absolute atomic E-state index is 12.3. The molecule has 0 unspecified atom stereocenters. The lowest BCUT2D eigenvalue weighted by atomic mass is 10.0. The van der Waals surface area contributed by atoms with Crippen LogP contribution < -0.4 is 4.90 Å². The van der Waals surface area contributed by atoms with Crippen molar-refractivity contribution in [3.05, 3.63) is 28.8 Å². The van der Waals surface area contributed by atoms with Gasteiger partial charge in [0.15, 0.2) is 0 Å². The molecule has 1 rings (SSSR count). The van der Waals surface area contributed by atoms with Crippen LogP contribution in [0.2, 0.25) is 19.6 Å². The Bertz CT molecular complexity index is 746. The second kappa shape index (κ2) is 7.32. The van der Waals surface area contributed by atoms with E-state index in [2.05, 4.69) is 31.1 Å². The number of ether oxygens (including phenoxy) is 1. The van der Waals surface area contributed by atoms with Crippen molar-refractivity contribution < 1.29 is 19.4 Å². The fourth-order valence-corrected chi connectivity index (χ4v) is 2.44. The largest absolute Gasteiger partial charge is 0.478 e. The van der Waals surface area contributed by atoms with E-state index in [0.717, 1.165) is 0 Å². The Hall–Kier alpha value is -2.26. The molecule has 25 heavy (non-hydrogen) atoms. The maximum atomic E-state index is 12.3. The number of hydrogen-bond donors (Lipinski definition) is 1. The third-order valence-corrected chi connectivity index (χ3v) is 4.12. The Morgan fingerprint density at radius 3 is 2.20 bits per heavy atom. The number of carbonyl (C=O) groups excluding carboxylic acids is 1. The summed E-state index contributed by atoms with van der Waals surface area (Å²) in [5.74, 6) is 2.05. The summed E-state index contributed by atoms with van der Waals surface area (Å²) in [6, 6.07) is 3.21. The predicted octanol–water partition coefficient (Wildman–Crippen LogP) is 4.29. The molecule has 0 fully saturated rings. The molecule has 1 aromatic rings. The van der Waals surface area contributed by atoms with Crippen LogP contribution in [0.5, 0.6) is 0 Å². The summed E-state index contributed by atoms with van der Waals surface area (Å²) in [6.45, 7) is 13.4. The van der Waals surface area contributed by atoms with Gasteiger partial charge in [-0.3, -0.25) is 4.90 Å². The van der Waals surface area contributed by atoms with Gasteiger partial charge in [-0.15, -0.1) is 5.54 Å². The number of hydrogen-bond acceptors (Lipinski definition) is 3. The Labute approximate surface area is 151 Å². The molecule has 1 N–H and O–H groups in total. The molecular formula is C19H27NO4Si. The number of rotatable bonds is 2. The van der Waals surface area contributed by atoms with Crippen molar-refractivity contribution >= 4 is 25.8 Å². The van der Waals surface area contributed by atoms with Gasteiger partial charge in [-0.25, -0.2) is 9.59 Å². The van der Waals surface area contributed by atoms with E-state index in [1.807, 2.05) is 0 Å². The molecule has 0 spiro atoms. The summed E-state index contributed by atoms with van der Waals surface area (Å²) < 4.78 is 5.35. The molecule has 0 aliphatic rings. The van der Waals surface area contributed by atoms with Crippen LogP contribution in [-0.4, -0.2) is 37.9 Å². The summed E-state index contributed by atoms with van der Waals surface area (Å²) in [5.41, 5.74) is 4.40. The smallest absolute Gasteiger partial charge is 0.414 e. The molecule has 6 heteroatoms. The van der Waals surface area contributed by atoms with E-state index in [4.69, 9.17) is 4.74 Å². The number of carboxylic acids is 1. The number of carbonyl (C=O) groups is 2. The first-order valence-electron chi connectivity index (χ1n) is 8.09. The molecule has 0 atom stereocenters. The molecule has 0 aromatic heterocycles. The van der Waals surface area contributed by atoms with Crippen molar-refractivity contribution in [2.45, 2.75) is 52.9 Å². The SMILES string of the molecule is Cc1c(C#C[Si](C)(C)C)cc(N(C)C(=O)OC(C)(C)C)cc1C(=O)O. The molecule has 0 aliphatic heterocycles. The van der Waals surface area contributed by atoms with Gasteiger partial charge in [-0.05, 0) is 45.4 Å². The highest BCUT2D eigenvalue weighted by Gasteiger charge is 2.22. The fourth-order valence-electron chi connectivity index (χ4n) is 1.94. The lowest BCUT2D eigenvalue weighted by molar-refractivity contribution is 0.0587. The third-order valence-electron chi connectivity index (χ3n) is 3.25. The summed E-state index contributed by atoms with van der Waals surface area (Å²) in [6.07, 6.45) is -0.545. The molecule has 1 amide bonds. The molecule has 0 bridgehead atoms. The van der Waals surface area contributed by atoms with Crippen molar-refractivity contribution in [1.29, 1.82) is 0 Å². The number of aromatic carboxylic acids is 1. The normalized spacial score (nSPS) is 11.4. The summed E-state index contributed by atoms with van der Waals surface area (Å²) in [7, 11) is -0.0638. The van der Waals surface area contributed by atoms with Crippen LogP contribution in [-0.2, 0) is 4.74 Å². The van der Waals surface area contributed by atoms with E-state index in [0.29, 0.717) is 16.8 Å². The molecule has 0 saturated carbocycles. The monoisotopic (exact) mass is 361 g/mol. The van der Waals surface area contributed by atoms with E-state index < -0.39 is 25.7 Å². The molecule has 1 aromatic carbocycles. The van der Waals surface area contributed by atoms with Crippen molar-refractivity contribution in [1.82, 2.24) is 0 Å². The van der Waals surface area contributed by atoms with E-state index >= 15 is 0 Å². The van der Waals surface area contributed by atoms with Crippen molar-refractivity contribution in [3.63, 3.8) is 0 Å². The summed E-state index contributed by atoms with van der Waals surface area (Å²) in [4.78, 5) is 25.2. The second-order valence-corrected chi connectivity index (χ2v) is 12.8. The Morgan fingerprint density at radius 1 is 1.20 bits per heavy atom. The summed E-state index contributed by atoms with van der Waals surface area (Å²) in [5, 5.41) is 9.48. The Balaban J connectivity index is 3.41. The van der Waals surface area contributed by atoms with Crippen molar-refractivity contribution in [2.75, 3.05) is 11.9 Å². The molecule has 0 radical (unpaired) electrons. The minimum absolute atomic E-state index is 0.132. The number of benzene rings is 1. The Morgan fingerprint density at radius 2 is 1.76 bits per heavy atom. The molecule has 136 valence electrons. The number of carboxylic acid groups (broad SMARTS) is 1. The highest BCUT2D eigenvalue weighted by molar-refractivity contribution is 6.83. The van der Waals surface area contributed by atoms with Gasteiger partial charge >= 0.3 is 12.1 Å². The van der Waals surface area contributed by atoms with Gasteiger partial charge in [0.25, 0.3) is 0 Å². The van der Waals surface area contributed by atoms with Crippen LogP contribution in [0.1, 0.15) is 42.3 Å². The predicted molar refractivity (Wildman–Crippen MR) is 103 cm³/mol. The van der Waals surface area contributed by atoms with Gasteiger partial charge in [0.2, 0.25) is 0 Å². The van der Waals surface area contributed by atoms with Gasteiger partial charge in [0.1, 0.15) is 13.7 Å². The second-order valence-electron chi connectivity index (χ2n) is 8.01. The average Bonchev–Trinajstić information content (AvgIpc) is 2.42. The molecule has 0 aliphatic carbocycles. The van der Waals surface area contributed by atoms with Gasteiger partial charge in [-0.2, -0.15) is 0 Å². The highest BCUT2D eigenvalue weighted by atomic mass is 28.3. The van der Waals surface area contributed by atoms with E-state index in [9.17, 15) is 14.7 Å². The van der Waals surface area contributed by atoms with Crippen LogP contribution in [0, 0.1) is 18.4 Å². The quantitative estimate of drug-likeness (QED) is 0.630. The van der Waals surface area contributed by atoms with E-state index in [1.165, 1.54) is 11.0 Å². The highest BCUT2D eigenvalue weighted by Crippen LogP contribution is 2.24. The molecule has 5 nitrogen and oxygen atoms in total.